The average molecular weight is 239 g/mol. The summed E-state index contributed by atoms with van der Waals surface area (Å²) in [6.07, 6.45) is 2.05. The van der Waals surface area contributed by atoms with Gasteiger partial charge < -0.3 is 14.8 Å². The average Bonchev–Trinajstić information content (AvgIpc) is 2.68. The van der Waals surface area contributed by atoms with Crippen LogP contribution >= 0.6 is 0 Å². The SMILES string of the molecule is CCC(C)(CC)NCc1cc(C(=O)O)c(C)o1. The molecular formula is C13H21NO3. The van der Waals surface area contributed by atoms with E-state index < -0.39 is 5.97 Å². The third-order valence-corrected chi connectivity index (χ3v) is 3.45. The molecule has 0 saturated heterocycles. The smallest absolute Gasteiger partial charge is 0.339 e. The fourth-order valence-electron chi connectivity index (χ4n) is 1.64. The normalized spacial score (nSPS) is 11.8. The Morgan fingerprint density at radius 3 is 2.47 bits per heavy atom. The van der Waals surface area contributed by atoms with Crippen LogP contribution < -0.4 is 5.32 Å². The van der Waals surface area contributed by atoms with Crippen LogP contribution in [0, 0.1) is 6.92 Å². The third kappa shape index (κ3) is 3.33. The summed E-state index contributed by atoms with van der Waals surface area (Å²) in [5, 5.41) is 12.3. The lowest BCUT2D eigenvalue weighted by Gasteiger charge is -2.27. The van der Waals surface area contributed by atoms with Crippen molar-refractivity contribution >= 4 is 5.97 Å². The first kappa shape index (κ1) is 13.8. The van der Waals surface area contributed by atoms with Gasteiger partial charge in [0.1, 0.15) is 17.1 Å². The number of aryl methyl sites for hydroxylation is 1. The molecule has 4 heteroatoms. The van der Waals surface area contributed by atoms with E-state index in [0.29, 0.717) is 18.1 Å². The first-order chi connectivity index (χ1) is 7.91. The number of carboxylic acids is 1. The van der Waals surface area contributed by atoms with Crippen LogP contribution in [0.25, 0.3) is 0 Å². The van der Waals surface area contributed by atoms with E-state index in [0.717, 1.165) is 12.8 Å². The minimum Gasteiger partial charge on any atom is -0.478 e. The van der Waals surface area contributed by atoms with Crippen molar-refractivity contribution in [3.8, 4) is 0 Å². The van der Waals surface area contributed by atoms with Crippen molar-refractivity contribution in [2.24, 2.45) is 0 Å². The molecule has 0 fully saturated rings. The Morgan fingerprint density at radius 1 is 1.47 bits per heavy atom. The van der Waals surface area contributed by atoms with Gasteiger partial charge >= 0.3 is 5.97 Å². The van der Waals surface area contributed by atoms with Crippen LogP contribution in [0.5, 0.6) is 0 Å². The lowest BCUT2D eigenvalue weighted by atomic mass is 9.95. The van der Waals surface area contributed by atoms with Gasteiger partial charge in [-0.3, -0.25) is 0 Å². The zero-order valence-electron chi connectivity index (χ0n) is 11.0. The van der Waals surface area contributed by atoms with Crippen LogP contribution in [0.15, 0.2) is 10.5 Å². The van der Waals surface area contributed by atoms with Crippen molar-refractivity contribution in [3.05, 3.63) is 23.2 Å². The van der Waals surface area contributed by atoms with E-state index in [4.69, 9.17) is 9.52 Å². The number of hydrogen-bond donors (Lipinski definition) is 2. The number of furan rings is 1. The van der Waals surface area contributed by atoms with Gasteiger partial charge in [0.05, 0.1) is 6.54 Å². The van der Waals surface area contributed by atoms with Gasteiger partial charge in [0.15, 0.2) is 0 Å². The Labute approximate surface area is 102 Å². The Bertz CT molecular complexity index is 391. The monoisotopic (exact) mass is 239 g/mol. The summed E-state index contributed by atoms with van der Waals surface area (Å²) in [6, 6.07) is 1.59. The van der Waals surface area contributed by atoms with E-state index in [1.807, 2.05) is 0 Å². The van der Waals surface area contributed by atoms with Crippen LogP contribution in [0.3, 0.4) is 0 Å². The van der Waals surface area contributed by atoms with Crippen LogP contribution in [0.4, 0.5) is 0 Å². The highest BCUT2D eigenvalue weighted by atomic mass is 16.4. The molecule has 1 aromatic heterocycles. The standard InChI is InChI=1S/C13H21NO3/c1-5-13(4,6-2)14-8-10-7-11(12(15)16)9(3)17-10/h7,14H,5-6,8H2,1-4H3,(H,15,16). The van der Waals surface area contributed by atoms with Gasteiger partial charge in [-0.2, -0.15) is 0 Å². The molecular weight excluding hydrogens is 218 g/mol. The molecule has 4 nitrogen and oxygen atoms in total. The summed E-state index contributed by atoms with van der Waals surface area (Å²) in [7, 11) is 0. The number of aromatic carboxylic acids is 1. The summed E-state index contributed by atoms with van der Waals surface area (Å²) in [5.74, 6) is 0.197. The van der Waals surface area contributed by atoms with E-state index in [-0.39, 0.29) is 11.1 Å². The van der Waals surface area contributed by atoms with E-state index in [2.05, 4.69) is 26.1 Å². The molecule has 0 aromatic carbocycles. The predicted octanol–water partition coefficient (Wildman–Crippen LogP) is 2.95. The van der Waals surface area contributed by atoms with Crippen molar-refractivity contribution in [2.75, 3.05) is 0 Å². The van der Waals surface area contributed by atoms with Crippen LogP contribution in [-0.4, -0.2) is 16.6 Å². The second-order valence-electron chi connectivity index (χ2n) is 4.61. The Kier molecular flexibility index (Phi) is 4.34. The minimum atomic E-state index is -0.939. The van der Waals surface area contributed by atoms with Crippen molar-refractivity contribution in [2.45, 2.75) is 52.6 Å². The zero-order valence-corrected chi connectivity index (χ0v) is 11.0. The lowest BCUT2D eigenvalue weighted by Crippen LogP contribution is -2.40. The van der Waals surface area contributed by atoms with E-state index in [1.165, 1.54) is 0 Å². The summed E-state index contributed by atoms with van der Waals surface area (Å²) in [5.41, 5.74) is 0.320. The molecule has 0 aliphatic heterocycles. The van der Waals surface area contributed by atoms with Gasteiger partial charge in [0, 0.05) is 5.54 Å². The first-order valence-electron chi connectivity index (χ1n) is 5.99. The Morgan fingerprint density at radius 2 is 2.06 bits per heavy atom. The largest absolute Gasteiger partial charge is 0.478 e. The van der Waals surface area contributed by atoms with Crippen molar-refractivity contribution in [3.63, 3.8) is 0 Å². The Balaban J connectivity index is 2.70. The maximum Gasteiger partial charge on any atom is 0.339 e. The highest BCUT2D eigenvalue weighted by Gasteiger charge is 2.20. The highest BCUT2D eigenvalue weighted by Crippen LogP contribution is 2.18. The van der Waals surface area contributed by atoms with Crippen molar-refractivity contribution in [1.82, 2.24) is 5.32 Å². The molecule has 0 amide bonds. The number of carboxylic acid groups (broad SMARTS) is 1. The first-order valence-corrected chi connectivity index (χ1v) is 5.99. The summed E-state index contributed by atoms with van der Waals surface area (Å²) in [4.78, 5) is 10.9. The third-order valence-electron chi connectivity index (χ3n) is 3.45. The molecule has 17 heavy (non-hydrogen) atoms. The van der Waals surface area contributed by atoms with E-state index in [1.54, 1.807) is 13.0 Å². The molecule has 0 spiro atoms. The molecule has 96 valence electrons. The van der Waals surface area contributed by atoms with Crippen LogP contribution in [-0.2, 0) is 6.54 Å². The Hall–Kier alpha value is -1.29. The number of rotatable bonds is 6. The van der Waals surface area contributed by atoms with Gasteiger partial charge in [-0.05, 0) is 32.8 Å². The van der Waals surface area contributed by atoms with Gasteiger partial charge in [0.25, 0.3) is 0 Å². The molecule has 0 atom stereocenters. The summed E-state index contributed by atoms with van der Waals surface area (Å²) >= 11 is 0. The fraction of sp³-hybridized carbons (Fsp3) is 0.615. The van der Waals surface area contributed by atoms with Crippen molar-refractivity contribution in [1.29, 1.82) is 0 Å². The van der Waals surface area contributed by atoms with Crippen LogP contribution in [0.2, 0.25) is 0 Å². The lowest BCUT2D eigenvalue weighted by molar-refractivity contribution is 0.0695. The predicted molar refractivity (Wildman–Crippen MR) is 66.2 cm³/mol. The van der Waals surface area contributed by atoms with Crippen LogP contribution in [0.1, 0.15) is 55.5 Å². The maximum absolute atomic E-state index is 10.9. The fourth-order valence-corrected chi connectivity index (χ4v) is 1.64. The summed E-state index contributed by atoms with van der Waals surface area (Å²) < 4.78 is 5.42. The minimum absolute atomic E-state index is 0.0735. The molecule has 0 aliphatic carbocycles. The molecule has 0 saturated carbocycles. The molecule has 1 heterocycles. The molecule has 2 N–H and O–H groups in total. The number of nitrogens with one attached hydrogen (secondary N) is 1. The topological polar surface area (TPSA) is 62.5 Å². The zero-order chi connectivity index (χ0) is 13.1. The molecule has 0 unspecified atom stereocenters. The number of carbonyl (C=O) groups is 1. The van der Waals surface area contributed by atoms with E-state index >= 15 is 0 Å². The second-order valence-corrected chi connectivity index (χ2v) is 4.61. The van der Waals surface area contributed by atoms with Gasteiger partial charge in [-0.15, -0.1) is 0 Å². The molecule has 1 aromatic rings. The molecule has 0 bridgehead atoms. The maximum atomic E-state index is 10.9. The van der Waals surface area contributed by atoms with E-state index in [9.17, 15) is 4.79 Å². The quantitative estimate of drug-likeness (QED) is 0.801. The molecule has 0 radical (unpaired) electrons. The van der Waals surface area contributed by atoms with Gasteiger partial charge in [-0.1, -0.05) is 13.8 Å². The molecule has 0 aliphatic rings. The van der Waals surface area contributed by atoms with Gasteiger partial charge in [-0.25, -0.2) is 4.79 Å². The van der Waals surface area contributed by atoms with Gasteiger partial charge in [0.2, 0.25) is 0 Å². The number of hydrogen-bond acceptors (Lipinski definition) is 3. The highest BCUT2D eigenvalue weighted by molar-refractivity contribution is 5.88. The van der Waals surface area contributed by atoms with Crippen molar-refractivity contribution < 1.29 is 14.3 Å². The summed E-state index contributed by atoms with van der Waals surface area (Å²) in [6.45, 7) is 8.65. The second kappa shape index (κ2) is 5.36. The molecule has 1 rings (SSSR count).